The molecular weight excluding hydrogens is 236 g/mol. The van der Waals surface area contributed by atoms with Gasteiger partial charge in [-0.05, 0) is 12.1 Å². The fraction of sp³-hybridized carbons (Fsp3) is 0.273. The summed E-state index contributed by atoms with van der Waals surface area (Å²) in [7, 11) is 1.61. The Morgan fingerprint density at radius 1 is 1.50 bits per heavy atom. The molecule has 1 aliphatic rings. The lowest BCUT2D eigenvalue weighted by molar-refractivity contribution is -0.130. The van der Waals surface area contributed by atoms with Gasteiger partial charge in [-0.15, -0.1) is 0 Å². The minimum atomic E-state index is -1.10. The SMILES string of the molecule is CN1CC(NC(=O)c2ccccn2)N=C1C(=O)O. The standard InChI is InChI=1S/C11H12N4O3/c1-15-6-8(13-9(15)11(17)18)14-10(16)7-4-2-3-5-12-7/h2-5,8H,6H2,1H3,(H,14,16)(H,17,18). The van der Waals surface area contributed by atoms with Crippen molar-refractivity contribution >= 4 is 17.7 Å². The van der Waals surface area contributed by atoms with E-state index in [1.807, 2.05) is 0 Å². The predicted octanol–water partition coefficient (Wildman–Crippen LogP) is -0.434. The monoisotopic (exact) mass is 248 g/mol. The van der Waals surface area contributed by atoms with Crippen LogP contribution in [0.1, 0.15) is 10.5 Å². The molecule has 2 N–H and O–H groups in total. The average molecular weight is 248 g/mol. The lowest BCUT2D eigenvalue weighted by Gasteiger charge is -2.12. The second-order valence-corrected chi connectivity index (χ2v) is 3.84. The van der Waals surface area contributed by atoms with Crippen molar-refractivity contribution < 1.29 is 14.7 Å². The summed E-state index contributed by atoms with van der Waals surface area (Å²) in [5.41, 5.74) is 0.277. The van der Waals surface area contributed by atoms with Crippen LogP contribution in [0.4, 0.5) is 0 Å². The molecule has 0 bridgehead atoms. The average Bonchev–Trinajstić information content (AvgIpc) is 2.71. The van der Waals surface area contributed by atoms with Crippen LogP contribution in [0.25, 0.3) is 0 Å². The minimum Gasteiger partial charge on any atom is -0.475 e. The Kier molecular flexibility index (Phi) is 3.22. The van der Waals surface area contributed by atoms with E-state index in [1.54, 1.807) is 25.2 Å². The van der Waals surface area contributed by atoms with Crippen molar-refractivity contribution in [1.29, 1.82) is 0 Å². The summed E-state index contributed by atoms with van der Waals surface area (Å²) in [5, 5.41) is 11.5. The zero-order valence-electron chi connectivity index (χ0n) is 9.70. The van der Waals surface area contributed by atoms with E-state index < -0.39 is 12.1 Å². The summed E-state index contributed by atoms with van der Waals surface area (Å²) < 4.78 is 0. The summed E-state index contributed by atoms with van der Waals surface area (Å²) in [6, 6.07) is 4.99. The first-order valence-corrected chi connectivity index (χ1v) is 5.32. The lowest BCUT2D eigenvalue weighted by atomic mass is 10.3. The van der Waals surface area contributed by atoms with Crippen LogP contribution in [0.5, 0.6) is 0 Å². The zero-order chi connectivity index (χ0) is 13.1. The number of aromatic nitrogens is 1. The van der Waals surface area contributed by atoms with Crippen molar-refractivity contribution in [2.45, 2.75) is 6.17 Å². The van der Waals surface area contributed by atoms with Gasteiger partial charge in [0.05, 0.1) is 6.54 Å². The number of carboxylic acids is 1. The lowest BCUT2D eigenvalue weighted by Crippen LogP contribution is -2.38. The molecule has 1 aromatic rings. The third-order valence-electron chi connectivity index (χ3n) is 2.47. The minimum absolute atomic E-state index is 0.0543. The molecule has 0 aliphatic carbocycles. The van der Waals surface area contributed by atoms with Gasteiger partial charge in [-0.2, -0.15) is 0 Å². The van der Waals surface area contributed by atoms with Crippen LogP contribution >= 0.6 is 0 Å². The molecule has 0 saturated carbocycles. The first kappa shape index (κ1) is 12.0. The van der Waals surface area contributed by atoms with Crippen molar-refractivity contribution in [2.75, 3.05) is 13.6 Å². The first-order chi connectivity index (χ1) is 8.58. The summed E-state index contributed by atoms with van der Waals surface area (Å²) in [5.74, 6) is -1.53. The highest BCUT2D eigenvalue weighted by Crippen LogP contribution is 2.06. The van der Waals surface area contributed by atoms with Gasteiger partial charge in [0, 0.05) is 13.2 Å². The van der Waals surface area contributed by atoms with Crippen LogP contribution in [-0.2, 0) is 4.79 Å². The van der Waals surface area contributed by atoms with Gasteiger partial charge in [0.2, 0.25) is 5.84 Å². The molecule has 7 nitrogen and oxygen atoms in total. The van der Waals surface area contributed by atoms with Crippen LogP contribution in [0.3, 0.4) is 0 Å². The topological polar surface area (TPSA) is 94.9 Å². The number of nitrogens with one attached hydrogen (secondary N) is 1. The smallest absolute Gasteiger partial charge is 0.371 e. The maximum Gasteiger partial charge on any atom is 0.371 e. The Labute approximate surface area is 103 Å². The van der Waals surface area contributed by atoms with Crippen LogP contribution < -0.4 is 5.32 Å². The number of amidine groups is 1. The number of carbonyl (C=O) groups excluding carboxylic acids is 1. The van der Waals surface area contributed by atoms with Gasteiger partial charge in [-0.25, -0.2) is 9.79 Å². The number of carboxylic acid groups (broad SMARTS) is 1. The van der Waals surface area contributed by atoms with Crippen LogP contribution in [-0.4, -0.2) is 52.5 Å². The Hall–Kier alpha value is -2.44. The van der Waals surface area contributed by atoms with E-state index in [0.29, 0.717) is 6.54 Å². The number of rotatable bonds is 3. The molecule has 0 radical (unpaired) electrons. The third kappa shape index (κ3) is 2.45. The second kappa shape index (κ2) is 4.82. The van der Waals surface area contributed by atoms with E-state index in [2.05, 4.69) is 15.3 Å². The zero-order valence-corrected chi connectivity index (χ0v) is 9.70. The Morgan fingerprint density at radius 2 is 2.28 bits per heavy atom. The highest BCUT2D eigenvalue weighted by Gasteiger charge is 2.28. The van der Waals surface area contributed by atoms with E-state index in [0.717, 1.165) is 0 Å². The van der Waals surface area contributed by atoms with Crippen molar-refractivity contribution in [1.82, 2.24) is 15.2 Å². The highest BCUT2D eigenvalue weighted by atomic mass is 16.4. The molecule has 0 fully saturated rings. The number of amides is 1. The number of hydrogen-bond donors (Lipinski definition) is 2. The molecule has 1 aliphatic heterocycles. The summed E-state index contributed by atoms with van der Waals surface area (Å²) in [4.78, 5) is 31.9. The Bertz CT molecular complexity index is 500. The van der Waals surface area contributed by atoms with Crippen molar-refractivity contribution in [3.05, 3.63) is 30.1 Å². The molecule has 2 heterocycles. The largest absolute Gasteiger partial charge is 0.475 e. The predicted molar refractivity (Wildman–Crippen MR) is 63.2 cm³/mol. The molecule has 0 spiro atoms. The van der Waals surface area contributed by atoms with Crippen LogP contribution in [0.2, 0.25) is 0 Å². The van der Waals surface area contributed by atoms with Crippen molar-refractivity contribution in [3.63, 3.8) is 0 Å². The van der Waals surface area contributed by atoms with E-state index in [1.165, 1.54) is 11.1 Å². The van der Waals surface area contributed by atoms with E-state index in [-0.39, 0.29) is 17.4 Å². The molecule has 0 saturated heterocycles. The quantitative estimate of drug-likeness (QED) is 0.756. The summed E-state index contributed by atoms with van der Waals surface area (Å²) >= 11 is 0. The molecule has 18 heavy (non-hydrogen) atoms. The molecular formula is C11H12N4O3. The van der Waals surface area contributed by atoms with Crippen molar-refractivity contribution in [2.24, 2.45) is 4.99 Å². The highest BCUT2D eigenvalue weighted by molar-refractivity contribution is 6.34. The number of hydrogen-bond acceptors (Lipinski definition) is 5. The van der Waals surface area contributed by atoms with Gasteiger partial charge in [0.1, 0.15) is 11.9 Å². The maximum absolute atomic E-state index is 11.8. The number of nitrogens with zero attached hydrogens (tertiary/aromatic N) is 3. The first-order valence-electron chi connectivity index (χ1n) is 5.32. The van der Waals surface area contributed by atoms with Gasteiger partial charge in [-0.3, -0.25) is 9.78 Å². The van der Waals surface area contributed by atoms with Gasteiger partial charge >= 0.3 is 5.97 Å². The van der Waals surface area contributed by atoms with Gasteiger partial charge in [0.25, 0.3) is 5.91 Å². The van der Waals surface area contributed by atoms with E-state index >= 15 is 0 Å². The molecule has 2 rings (SSSR count). The molecule has 94 valence electrons. The maximum atomic E-state index is 11.8. The van der Waals surface area contributed by atoms with E-state index in [4.69, 9.17) is 5.11 Å². The van der Waals surface area contributed by atoms with Crippen molar-refractivity contribution in [3.8, 4) is 0 Å². The second-order valence-electron chi connectivity index (χ2n) is 3.84. The number of aliphatic imine (C=N–C) groups is 1. The molecule has 7 heteroatoms. The third-order valence-corrected chi connectivity index (χ3v) is 2.47. The summed E-state index contributed by atoms with van der Waals surface area (Å²) in [6.07, 6.45) is 0.956. The Morgan fingerprint density at radius 3 is 2.83 bits per heavy atom. The fourth-order valence-electron chi connectivity index (χ4n) is 1.65. The van der Waals surface area contributed by atoms with Gasteiger partial charge in [-0.1, -0.05) is 6.07 Å². The molecule has 0 aromatic carbocycles. The fourth-order valence-corrected chi connectivity index (χ4v) is 1.65. The number of aliphatic carboxylic acids is 1. The van der Waals surface area contributed by atoms with Gasteiger partial charge < -0.3 is 15.3 Å². The molecule has 1 aromatic heterocycles. The Balaban J connectivity index is 2.04. The molecule has 1 unspecified atom stereocenters. The number of pyridine rings is 1. The number of likely N-dealkylation sites (N-methyl/N-ethyl adjacent to an activating group) is 1. The number of carbonyl (C=O) groups is 2. The normalized spacial score (nSPS) is 18.4. The molecule has 1 atom stereocenters. The van der Waals surface area contributed by atoms with Crippen LogP contribution in [0, 0.1) is 0 Å². The van der Waals surface area contributed by atoms with Gasteiger partial charge in [0.15, 0.2) is 0 Å². The van der Waals surface area contributed by atoms with Crippen LogP contribution in [0.15, 0.2) is 29.4 Å². The van der Waals surface area contributed by atoms with E-state index in [9.17, 15) is 9.59 Å². The molecule has 1 amide bonds. The summed E-state index contributed by atoms with van der Waals surface area (Å²) in [6.45, 7) is 0.334.